The van der Waals surface area contributed by atoms with Crippen molar-refractivity contribution >= 4 is 38.0 Å². The molecule has 0 amide bonds. The molecular formula is C39H25N3Te. The van der Waals surface area contributed by atoms with Gasteiger partial charge in [-0.15, -0.1) is 0 Å². The van der Waals surface area contributed by atoms with Crippen molar-refractivity contribution in [1.29, 1.82) is 0 Å². The Balaban J connectivity index is 1.20. The summed E-state index contributed by atoms with van der Waals surface area (Å²) < 4.78 is 3.05. The van der Waals surface area contributed by atoms with Gasteiger partial charge in [0.2, 0.25) is 0 Å². The van der Waals surface area contributed by atoms with Gasteiger partial charge in [-0.1, -0.05) is 36.4 Å². The monoisotopic (exact) mass is 665 g/mol. The average Bonchev–Trinajstić information content (AvgIpc) is 3.48. The van der Waals surface area contributed by atoms with Gasteiger partial charge in [-0.25, -0.2) is 0 Å². The molecule has 0 unspecified atom stereocenters. The minimum atomic E-state index is -0.422. The van der Waals surface area contributed by atoms with E-state index in [9.17, 15) is 0 Å². The van der Waals surface area contributed by atoms with Gasteiger partial charge < -0.3 is 0 Å². The zero-order valence-corrected chi connectivity index (χ0v) is 25.5. The van der Waals surface area contributed by atoms with Gasteiger partial charge in [0.05, 0.1) is 0 Å². The Labute approximate surface area is 259 Å². The summed E-state index contributed by atoms with van der Waals surface area (Å²) in [6, 6.07) is 53.3. The molecule has 8 aromatic rings. The Kier molecular flexibility index (Phi) is 6.65. The first-order chi connectivity index (χ1) is 21.3. The van der Waals surface area contributed by atoms with Crippen molar-refractivity contribution in [3.8, 4) is 56.4 Å². The number of nitrogens with zero attached hydrogens (tertiary/aromatic N) is 3. The second-order valence-electron chi connectivity index (χ2n) is 10.5. The Morgan fingerprint density at radius 3 is 1.40 bits per heavy atom. The predicted octanol–water partition coefficient (Wildman–Crippen LogP) is 9.57. The normalized spacial score (nSPS) is 11.3. The molecule has 202 valence electrons. The summed E-state index contributed by atoms with van der Waals surface area (Å²) in [5.41, 5.74) is 7.81. The van der Waals surface area contributed by atoms with E-state index in [1.54, 1.807) is 0 Å². The van der Waals surface area contributed by atoms with Crippen molar-refractivity contribution in [2.75, 3.05) is 0 Å². The summed E-state index contributed by atoms with van der Waals surface area (Å²) in [5, 5.41) is 2.80. The molecule has 0 fully saturated rings. The number of benzene rings is 6. The summed E-state index contributed by atoms with van der Waals surface area (Å²) >= 11 is -0.422. The van der Waals surface area contributed by atoms with Gasteiger partial charge in [0, 0.05) is 0 Å². The van der Waals surface area contributed by atoms with Gasteiger partial charge in [-0.3, -0.25) is 0 Å². The van der Waals surface area contributed by atoms with Crippen molar-refractivity contribution in [1.82, 2.24) is 15.0 Å². The minimum Gasteiger partial charge on any atom is -0.0617 e. The fourth-order valence-corrected chi connectivity index (χ4v) is 9.10. The first-order valence-corrected chi connectivity index (χ1v) is 16.6. The van der Waals surface area contributed by atoms with Crippen LogP contribution in [0.4, 0.5) is 0 Å². The molecule has 0 bridgehead atoms. The topological polar surface area (TPSA) is 38.7 Å². The Bertz CT molecular complexity index is 2200. The summed E-state index contributed by atoms with van der Waals surface area (Å²) in [4.78, 5) is 14.8. The van der Waals surface area contributed by atoms with E-state index in [2.05, 4.69) is 115 Å². The van der Waals surface area contributed by atoms with Crippen LogP contribution in [0.25, 0.3) is 74.0 Å². The molecule has 0 radical (unpaired) electrons. The van der Waals surface area contributed by atoms with Crippen molar-refractivity contribution < 1.29 is 0 Å². The van der Waals surface area contributed by atoms with Crippen LogP contribution in [0.1, 0.15) is 0 Å². The smallest absolute Gasteiger partial charge is 0.0617 e. The average molecular weight is 663 g/mol. The third-order valence-electron chi connectivity index (χ3n) is 7.78. The molecule has 0 aliphatic carbocycles. The van der Waals surface area contributed by atoms with E-state index >= 15 is 0 Å². The van der Waals surface area contributed by atoms with Gasteiger partial charge >= 0.3 is 214 Å². The summed E-state index contributed by atoms with van der Waals surface area (Å²) in [6.07, 6.45) is 0. The van der Waals surface area contributed by atoms with Crippen LogP contribution in [-0.4, -0.2) is 35.4 Å². The van der Waals surface area contributed by atoms with Crippen LogP contribution in [0.3, 0.4) is 0 Å². The standard InChI is InChI=1S/C39H25N3Te/c1-3-10-26(11-4-1)27-18-22-30(23-19-27)38-40-37(29-12-5-2-6-13-29)41-39(42-38)31-24-20-28(21-25-31)32-15-9-16-34-33-14-7-8-17-35(33)43-36(32)34/h1-25H. The summed E-state index contributed by atoms with van der Waals surface area (Å²) in [6.45, 7) is 0. The van der Waals surface area contributed by atoms with E-state index in [1.165, 1.54) is 34.3 Å². The van der Waals surface area contributed by atoms with Crippen molar-refractivity contribution in [2.24, 2.45) is 0 Å². The van der Waals surface area contributed by atoms with E-state index in [1.807, 2.05) is 36.4 Å². The third-order valence-corrected chi connectivity index (χ3v) is 11.3. The molecule has 0 aliphatic rings. The maximum atomic E-state index is 4.97. The molecule has 0 N–H and O–H groups in total. The molecular weight excluding hydrogens is 638 g/mol. The number of hydrogen-bond acceptors (Lipinski definition) is 3. The molecule has 0 aliphatic heterocycles. The van der Waals surface area contributed by atoms with Crippen LogP contribution in [0.5, 0.6) is 0 Å². The van der Waals surface area contributed by atoms with Gasteiger partial charge in [0.25, 0.3) is 0 Å². The molecule has 2 heterocycles. The van der Waals surface area contributed by atoms with Crippen LogP contribution >= 0.6 is 0 Å². The molecule has 43 heavy (non-hydrogen) atoms. The molecule has 2 aromatic heterocycles. The SMILES string of the molecule is c1ccc(-c2ccc(-c3nc(-c4ccccc4)nc(-c4ccc(-c5cccc6c5[te]c5ccccc56)cc4)n3)cc2)cc1. The molecule has 8 rings (SSSR count). The number of fused-ring (bicyclic) bond motifs is 3. The summed E-state index contributed by atoms with van der Waals surface area (Å²) in [5.74, 6) is 2.00. The second-order valence-corrected chi connectivity index (χ2v) is 13.5. The first kappa shape index (κ1) is 25.8. The van der Waals surface area contributed by atoms with Crippen LogP contribution in [0.2, 0.25) is 0 Å². The first-order valence-electron chi connectivity index (χ1n) is 14.3. The van der Waals surface area contributed by atoms with E-state index in [-0.39, 0.29) is 0 Å². The van der Waals surface area contributed by atoms with Crippen molar-refractivity contribution in [2.45, 2.75) is 0 Å². The van der Waals surface area contributed by atoms with E-state index < -0.39 is 20.4 Å². The molecule has 3 nitrogen and oxygen atoms in total. The summed E-state index contributed by atoms with van der Waals surface area (Å²) in [7, 11) is 0. The van der Waals surface area contributed by atoms with Crippen molar-refractivity contribution in [3.05, 3.63) is 152 Å². The van der Waals surface area contributed by atoms with Crippen LogP contribution in [0, 0.1) is 0 Å². The van der Waals surface area contributed by atoms with E-state index in [0.717, 1.165) is 22.3 Å². The predicted molar refractivity (Wildman–Crippen MR) is 179 cm³/mol. The zero-order chi connectivity index (χ0) is 28.6. The number of aromatic nitrogens is 3. The van der Waals surface area contributed by atoms with Gasteiger partial charge in [-0.2, -0.15) is 0 Å². The molecule has 4 heteroatoms. The number of rotatable bonds is 5. The van der Waals surface area contributed by atoms with E-state index in [4.69, 9.17) is 15.0 Å². The Morgan fingerprint density at radius 1 is 0.326 bits per heavy atom. The van der Waals surface area contributed by atoms with Crippen molar-refractivity contribution in [3.63, 3.8) is 0 Å². The molecule has 0 spiro atoms. The molecule has 0 saturated heterocycles. The minimum absolute atomic E-state index is 0.422. The third kappa shape index (κ3) is 4.96. The van der Waals surface area contributed by atoms with Crippen LogP contribution in [-0.2, 0) is 0 Å². The molecule has 0 saturated carbocycles. The Hall–Kier alpha value is -4.88. The quantitative estimate of drug-likeness (QED) is 0.172. The Morgan fingerprint density at radius 2 is 0.767 bits per heavy atom. The van der Waals surface area contributed by atoms with Gasteiger partial charge in [-0.05, 0) is 11.1 Å². The fraction of sp³-hybridized carbons (Fsp3) is 0. The van der Waals surface area contributed by atoms with Gasteiger partial charge in [0.1, 0.15) is 0 Å². The van der Waals surface area contributed by atoms with E-state index in [0.29, 0.717) is 17.5 Å². The van der Waals surface area contributed by atoms with Crippen LogP contribution in [0.15, 0.2) is 152 Å². The van der Waals surface area contributed by atoms with Crippen LogP contribution < -0.4 is 0 Å². The second kappa shape index (κ2) is 11.1. The molecule has 6 aromatic carbocycles. The maximum absolute atomic E-state index is 4.97. The molecule has 0 atom stereocenters. The number of hydrogen-bond donors (Lipinski definition) is 0. The fourth-order valence-electron chi connectivity index (χ4n) is 5.57. The zero-order valence-electron chi connectivity index (χ0n) is 23.2. The van der Waals surface area contributed by atoms with Gasteiger partial charge in [0.15, 0.2) is 0 Å².